The van der Waals surface area contributed by atoms with Crippen LogP contribution in [0.3, 0.4) is 0 Å². The standard InChI is InChI=1S/C7H14Cl2/c1-4-7(3,5-2)6(8)9/h6H,4-5H2,1-3H3. The van der Waals surface area contributed by atoms with Gasteiger partial charge in [0.05, 0.1) is 0 Å². The van der Waals surface area contributed by atoms with Crippen molar-refractivity contribution in [1.82, 2.24) is 0 Å². The lowest BCUT2D eigenvalue weighted by Gasteiger charge is -2.27. The van der Waals surface area contributed by atoms with Gasteiger partial charge in [-0.25, -0.2) is 0 Å². The molecule has 0 nitrogen and oxygen atoms in total. The molecule has 0 aromatic rings. The Morgan fingerprint density at radius 3 is 1.56 bits per heavy atom. The number of alkyl halides is 2. The van der Waals surface area contributed by atoms with Crippen LogP contribution in [0.15, 0.2) is 0 Å². The van der Waals surface area contributed by atoms with E-state index in [9.17, 15) is 0 Å². The molecule has 0 saturated heterocycles. The molecule has 0 aliphatic rings. The first-order valence-corrected chi connectivity index (χ1v) is 4.22. The van der Waals surface area contributed by atoms with Crippen LogP contribution in [0, 0.1) is 5.41 Å². The van der Waals surface area contributed by atoms with E-state index in [-0.39, 0.29) is 10.3 Å². The van der Waals surface area contributed by atoms with E-state index in [1.165, 1.54) is 0 Å². The molecule has 0 aromatic heterocycles. The Balaban J connectivity index is 3.92. The fraction of sp³-hybridized carbons (Fsp3) is 1.00. The SMILES string of the molecule is CCC(C)(CC)C(Cl)Cl. The Bertz CT molecular complexity index is 75.0. The van der Waals surface area contributed by atoms with Gasteiger partial charge in [-0.05, 0) is 18.3 Å². The minimum absolute atomic E-state index is 0.114. The second kappa shape index (κ2) is 3.68. The molecule has 0 aliphatic heterocycles. The average Bonchev–Trinajstić information content (AvgIpc) is 1.86. The summed E-state index contributed by atoms with van der Waals surface area (Å²) in [5, 5.41) is 0. The number of halogens is 2. The Morgan fingerprint density at radius 2 is 1.56 bits per heavy atom. The Morgan fingerprint density at radius 1 is 1.22 bits per heavy atom. The highest BCUT2D eigenvalue weighted by molar-refractivity contribution is 6.44. The number of hydrogen-bond acceptors (Lipinski definition) is 0. The van der Waals surface area contributed by atoms with Crippen LogP contribution in [0.2, 0.25) is 0 Å². The van der Waals surface area contributed by atoms with E-state index in [4.69, 9.17) is 23.2 Å². The van der Waals surface area contributed by atoms with Crippen molar-refractivity contribution in [2.45, 2.75) is 38.4 Å². The molecule has 0 unspecified atom stereocenters. The zero-order valence-electron chi connectivity index (χ0n) is 6.25. The summed E-state index contributed by atoms with van der Waals surface area (Å²) >= 11 is 11.5. The van der Waals surface area contributed by atoms with E-state index in [2.05, 4.69) is 20.8 Å². The molecule has 0 amide bonds. The summed E-state index contributed by atoms with van der Waals surface area (Å²) in [7, 11) is 0. The summed E-state index contributed by atoms with van der Waals surface area (Å²) in [6.07, 6.45) is 2.09. The van der Waals surface area contributed by atoms with Gasteiger partial charge in [0.1, 0.15) is 4.84 Å². The largest absolute Gasteiger partial charge is 0.113 e. The lowest BCUT2D eigenvalue weighted by atomic mass is 9.87. The van der Waals surface area contributed by atoms with Crippen LogP contribution in [-0.4, -0.2) is 4.84 Å². The van der Waals surface area contributed by atoms with Crippen molar-refractivity contribution in [3.05, 3.63) is 0 Å². The van der Waals surface area contributed by atoms with E-state index in [0.717, 1.165) is 12.8 Å². The first-order chi connectivity index (χ1) is 4.06. The third-order valence-electron chi connectivity index (χ3n) is 2.14. The molecule has 0 N–H and O–H groups in total. The monoisotopic (exact) mass is 168 g/mol. The highest BCUT2D eigenvalue weighted by Gasteiger charge is 2.26. The highest BCUT2D eigenvalue weighted by Crippen LogP contribution is 2.35. The van der Waals surface area contributed by atoms with E-state index >= 15 is 0 Å². The Labute approximate surface area is 67.5 Å². The summed E-state index contributed by atoms with van der Waals surface area (Å²) in [5.41, 5.74) is 0.114. The van der Waals surface area contributed by atoms with Gasteiger partial charge in [-0.15, -0.1) is 23.2 Å². The first-order valence-electron chi connectivity index (χ1n) is 3.35. The Kier molecular flexibility index (Phi) is 3.91. The van der Waals surface area contributed by atoms with E-state index < -0.39 is 0 Å². The van der Waals surface area contributed by atoms with Crippen molar-refractivity contribution in [1.29, 1.82) is 0 Å². The molecule has 0 bridgehead atoms. The fourth-order valence-electron chi connectivity index (χ4n) is 0.559. The summed E-state index contributed by atoms with van der Waals surface area (Å²) in [6.45, 7) is 6.33. The minimum Gasteiger partial charge on any atom is -0.105 e. The van der Waals surface area contributed by atoms with Crippen LogP contribution in [0.5, 0.6) is 0 Å². The van der Waals surface area contributed by atoms with Crippen molar-refractivity contribution in [2.24, 2.45) is 5.41 Å². The van der Waals surface area contributed by atoms with Gasteiger partial charge >= 0.3 is 0 Å². The van der Waals surface area contributed by atoms with Gasteiger partial charge in [0.2, 0.25) is 0 Å². The van der Waals surface area contributed by atoms with Crippen molar-refractivity contribution in [3.63, 3.8) is 0 Å². The zero-order chi connectivity index (χ0) is 7.49. The first kappa shape index (κ1) is 9.58. The number of rotatable bonds is 3. The van der Waals surface area contributed by atoms with Crippen LogP contribution in [0.4, 0.5) is 0 Å². The summed E-state index contributed by atoms with van der Waals surface area (Å²) < 4.78 is 0. The molecule has 0 fully saturated rings. The highest BCUT2D eigenvalue weighted by atomic mass is 35.5. The lowest BCUT2D eigenvalue weighted by molar-refractivity contribution is 0.325. The topological polar surface area (TPSA) is 0 Å². The predicted molar refractivity (Wildman–Crippen MR) is 44.2 cm³/mol. The van der Waals surface area contributed by atoms with Gasteiger partial charge in [-0.1, -0.05) is 20.8 Å². The lowest BCUT2D eigenvalue weighted by Crippen LogP contribution is -2.21. The smallest absolute Gasteiger partial charge is 0.105 e. The molecule has 0 saturated carbocycles. The van der Waals surface area contributed by atoms with Gasteiger partial charge in [-0.2, -0.15) is 0 Å². The van der Waals surface area contributed by atoms with Gasteiger partial charge in [0.15, 0.2) is 0 Å². The van der Waals surface area contributed by atoms with Gasteiger partial charge in [0.25, 0.3) is 0 Å². The zero-order valence-corrected chi connectivity index (χ0v) is 7.76. The molecule has 0 radical (unpaired) electrons. The molecular formula is C7H14Cl2. The summed E-state index contributed by atoms with van der Waals surface area (Å²) in [5.74, 6) is 0. The molecule has 0 rings (SSSR count). The molecule has 2 heteroatoms. The molecule has 0 aliphatic carbocycles. The molecule has 0 heterocycles. The maximum absolute atomic E-state index is 5.75. The van der Waals surface area contributed by atoms with Crippen LogP contribution < -0.4 is 0 Å². The van der Waals surface area contributed by atoms with Gasteiger partial charge < -0.3 is 0 Å². The number of hydrogen-bond donors (Lipinski definition) is 0. The molecule has 9 heavy (non-hydrogen) atoms. The van der Waals surface area contributed by atoms with Gasteiger partial charge in [-0.3, -0.25) is 0 Å². The molecular weight excluding hydrogens is 155 g/mol. The molecule has 56 valence electrons. The summed E-state index contributed by atoms with van der Waals surface area (Å²) in [6, 6.07) is 0. The fourth-order valence-corrected chi connectivity index (χ4v) is 1.18. The van der Waals surface area contributed by atoms with Crippen molar-refractivity contribution >= 4 is 23.2 Å². The molecule has 0 spiro atoms. The Hall–Kier alpha value is 0.580. The van der Waals surface area contributed by atoms with E-state index in [1.54, 1.807) is 0 Å². The maximum atomic E-state index is 5.75. The average molecular weight is 169 g/mol. The van der Waals surface area contributed by atoms with Gasteiger partial charge in [0, 0.05) is 0 Å². The third-order valence-corrected chi connectivity index (χ3v) is 3.20. The quantitative estimate of drug-likeness (QED) is 0.566. The van der Waals surface area contributed by atoms with Crippen molar-refractivity contribution in [3.8, 4) is 0 Å². The minimum atomic E-state index is -0.229. The van der Waals surface area contributed by atoms with E-state index in [1.807, 2.05) is 0 Å². The van der Waals surface area contributed by atoms with Crippen LogP contribution in [0.1, 0.15) is 33.6 Å². The van der Waals surface area contributed by atoms with Crippen molar-refractivity contribution < 1.29 is 0 Å². The normalized spacial score (nSPS) is 12.7. The molecule has 0 atom stereocenters. The van der Waals surface area contributed by atoms with Crippen LogP contribution in [0.25, 0.3) is 0 Å². The van der Waals surface area contributed by atoms with Crippen molar-refractivity contribution in [2.75, 3.05) is 0 Å². The second-order valence-electron chi connectivity index (χ2n) is 2.66. The summed E-state index contributed by atoms with van der Waals surface area (Å²) in [4.78, 5) is -0.229. The second-order valence-corrected chi connectivity index (χ2v) is 3.76. The van der Waals surface area contributed by atoms with Crippen LogP contribution in [-0.2, 0) is 0 Å². The van der Waals surface area contributed by atoms with Crippen LogP contribution >= 0.6 is 23.2 Å². The predicted octanol–water partition coefficient (Wildman–Crippen LogP) is 3.62. The maximum Gasteiger partial charge on any atom is 0.113 e. The molecule has 0 aromatic carbocycles. The third kappa shape index (κ3) is 2.35. The van der Waals surface area contributed by atoms with E-state index in [0.29, 0.717) is 0 Å².